The Labute approximate surface area is 180 Å². The second-order valence-electron chi connectivity index (χ2n) is 6.83. The fourth-order valence-electron chi connectivity index (χ4n) is 2.85. The van der Waals surface area contributed by atoms with Crippen LogP contribution in [0.15, 0.2) is 57.9 Å². The van der Waals surface area contributed by atoms with Gasteiger partial charge in [-0.05, 0) is 77.2 Å². The normalized spacial score (nSPS) is 11.7. The first-order valence-corrected chi connectivity index (χ1v) is 13.2. The van der Waals surface area contributed by atoms with Gasteiger partial charge in [0.1, 0.15) is 0 Å². The lowest BCUT2D eigenvalue weighted by Gasteiger charge is -2.09. The van der Waals surface area contributed by atoms with Crippen molar-refractivity contribution in [2.75, 3.05) is 18.5 Å². The van der Waals surface area contributed by atoms with Crippen LogP contribution in [0, 0.1) is 0 Å². The Morgan fingerprint density at radius 3 is 2.46 bits per heavy atom. The third kappa shape index (κ3) is 10.2. The van der Waals surface area contributed by atoms with Gasteiger partial charge in [-0.25, -0.2) is 0 Å². The van der Waals surface area contributed by atoms with Crippen LogP contribution < -0.4 is 5.32 Å². The number of hydrogen-bond donors (Lipinski definition) is 3. The Morgan fingerprint density at radius 2 is 1.75 bits per heavy atom. The molecule has 0 aliphatic carbocycles. The first-order chi connectivity index (χ1) is 13.4. The van der Waals surface area contributed by atoms with Gasteiger partial charge in [0, 0.05) is 15.9 Å². The molecule has 0 unspecified atom stereocenters. The molecule has 0 spiro atoms. The summed E-state index contributed by atoms with van der Waals surface area (Å²) < 4.78 is 11.9. The van der Waals surface area contributed by atoms with Crippen LogP contribution in [0.3, 0.4) is 0 Å². The zero-order valence-corrected chi connectivity index (χ0v) is 19.3. The fourth-order valence-corrected chi connectivity index (χ4v) is 5.12. The van der Waals surface area contributed by atoms with Gasteiger partial charge in [-0.15, -0.1) is 11.8 Å². The number of thioether (sulfide) groups is 1. The standard InChI is InChI=1S/C21H29BrNO3PS/c22-20-16-19(17-23-13-7-14-27(24,25)26)11-12-21(20)28-15-6-2-5-10-18-8-3-1-4-9-18/h1,3-4,8-9,11-12,16,23H,2,5-7,10,13-15,17H2,(H2,24,25,26). The van der Waals surface area contributed by atoms with Crippen LogP contribution in [0.25, 0.3) is 0 Å². The summed E-state index contributed by atoms with van der Waals surface area (Å²) in [7, 11) is -3.88. The molecule has 0 saturated heterocycles. The van der Waals surface area contributed by atoms with Gasteiger partial charge in [-0.1, -0.05) is 42.8 Å². The highest BCUT2D eigenvalue weighted by Gasteiger charge is 2.11. The quantitative estimate of drug-likeness (QED) is 0.195. The zero-order valence-electron chi connectivity index (χ0n) is 16.0. The van der Waals surface area contributed by atoms with E-state index in [4.69, 9.17) is 9.79 Å². The average molecular weight is 486 g/mol. The molecule has 0 amide bonds. The first-order valence-electron chi connectivity index (χ1n) is 9.64. The van der Waals surface area contributed by atoms with Crippen molar-refractivity contribution >= 4 is 35.3 Å². The van der Waals surface area contributed by atoms with Crippen molar-refractivity contribution in [3.63, 3.8) is 0 Å². The largest absolute Gasteiger partial charge is 0.325 e. The van der Waals surface area contributed by atoms with E-state index in [1.54, 1.807) is 0 Å². The molecule has 0 heterocycles. The molecule has 4 nitrogen and oxygen atoms in total. The Kier molecular flexibility index (Phi) is 10.8. The van der Waals surface area contributed by atoms with E-state index in [0.717, 1.165) is 22.2 Å². The molecule has 154 valence electrons. The molecule has 2 aromatic rings. The Hall–Kier alpha value is -0.620. The molecule has 7 heteroatoms. The predicted molar refractivity (Wildman–Crippen MR) is 122 cm³/mol. The lowest BCUT2D eigenvalue weighted by molar-refractivity contribution is 0.371. The number of unbranched alkanes of at least 4 members (excludes halogenated alkanes) is 2. The summed E-state index contributed by atoms with van der Waals surface area (Å²) in [6.45, 7) is 1.30. The Balaban J connectivity index is 1.60. The SMILES string of the molecule is O=P(O)(O)CCCNCc1ccc(SCCCCCc2ccccc2)c(Br)c1. The van der Waals surface area contributed by atoms with Crippen LogP contribution in [-0.2, 0) is 17.5 Å². The molecule has 0 radical (unpaired) electrons. The maximum atomic E-state index is 10.8. The second-order valence-corrected chi connectivity index (χ2v) is 10.6. The maximum absolute atomic E-state index is 10.8. The third-order valence-electron chi connectivity index (χ3n) is 4.34. The highest BCUT2D eigenvalue weighted by Crippen LogP contribution is 2.34. The van der Waals surface area contributed by atoms with Crippen LogP contribution in [0.5, 0.6) is 0 Å². The van der Waals surface area contributed by atoms with E-state index in [2.05, 4.69) is 69.8 Å². The number of nitrogens with one attached hydrogen (secondary N) is 1. The van der Waals surface area contributed by atoms with E-state index in [0.29, 0.717) is 19.5 Å². The third-order valence-corrected chi connectivity index (χ3v) is 7.32. The number of rotatable bonds is 13. The van der Waals surface area contributed by atoms with Gasteiger partial charge in [0.15, 0.2) is 0 Å². The van der Waals surface area contributed by atoms with E-state index in [9.17, 15) is 4.57 Å². The summed E-state index contributed by atoms with van der Waals surface area (Å²) in [5, 5.41) is 3.23. The van der Waals surface area contributed by atoms with E-state index in [1.807, 2.05) is 11.8 Å². The summed E-state index contributed by atoms with van der Waals surface area (Å²) in [5.74, 6) is 1.12. The van der Waals surface area contributed by atoms with Crippen LogP contribution in [-0.4, -0.2) is 28.2 Å². The number of halogens is 1. The first kappa shape index (κ1) is 23.7. The van der Waals surface area contributed by atoms with Crippen LogP contribution in [0.4, 0.5) is 0 Å². The number of aryl methyl sites for hydroxylation is 1. The zero-order chi connectivity index (χ0) is 20.2. The van der Waals surface area contributed by atoms with Gasteiger partial charge in [0.2, 0.25) is 0 Å². The molecule has 0 bridgehead atoms. The molecule has 28 heavy (non-hydrogen) atoms. The highest BCUT2D eigenvalue weighted by atomic mass is 79.9. The van der Waals surface area contributed by atoms with Crippen molar-refractivity contribution in [3.05, 3.63) is 64.1 Å². The molecule has 2 rings (SSSR count). The smallest absolute Gasteiger partial charge is 0.324 e. The van der Waals surface area contributed by atoms with Crippen LogP contribution in [0.2, 0.25) is 0 Å². The molecule has 0 aromatic heterocycles. The monoisotopic (exact) mass is 485 g/mol. The summed E-state index contributed by atoms with van der Waals surface area (Å²) >= 11 is 5.54. The second kappa shape index (κ2) is 12.8. The summed E-state index contributed by atoms with van der Waals surface area (Å²) in [5.41, 5.74) is 2.58. The van der Waals surface area contributed by atoms with Crippen molar-refractivity contribution in [2.45, 2.75) is 43.5 Å². The van der Waals surface area contributed by atoms with Crippen molar-refractivity contribution in [3.8, 4) is 0 Å². The minimum absolute atomic E-state index is 0.0649. The lowest BCUT2D eigenvalue weighted by atomic mass is 10.1. The molecule has 3 N–H and O–H groups in total. The maximum Gasteiger partial charge on any atom is 0.325 e. The van der Waals surface area contributed by atoms with Gasteiger partial charge in [0.25, 0.3) is 0 Å². The van der Waals surface area contributed by atoms with Gasteiger partial charge in [-0.2, -0.15) is 0 Å². The number of benzene rings is 2. The van der Waals surface area contributed by atoms with Crippen LogP contribution >= 0.6 is 35.3 Å². The summed E-state index contributed by atoms with van der Waals surface area (Å²) in [4.78, 5) is 19.0. The molecular formula is C21H29BrNO3PS. The molecular weight excluding hydrogens is 457 g/mol. The summed E-state index contributed by atoms with van der Waals surface area (Å²) in [6.07, 6.45) is 5.26. The Morgan fingerprint density at radius 1 is 0.964 bits per heavy atom. The van der Waals surface area contributed by atoms with Crippen molar-refractivity contribution in [1.29, 1.82) is 0 Å². The minimum Gasteiger partial charge on any atom is -0.324 e. The van der Waals surface area contributed by atoms with Crippen molar-refractivity contribution in [1.82, 2.24) is 5.32 Å². The molecule has 2 aromatic carbocycles. The molecule has 0 aliphatic heterocycles. The molecule has 0 aliphatic rings. The fraction of sp³-hybridized carbons (Fsp3) is 0.429. The van der Waals surface area contributed by atoms with Crippen LogP contribution in [0.1, 0.15) is 36.8 Å². The van der Waals surface area contributed by atoms with E-state index >= 15 is 0 Å². The summed E-state index contributed by atoms with van der Waals surface area (Å²) in [6, 6.07) is 17.0. The molecule has 0 saturated carbocycles. The van der Waals surface area contributed by atoms with Crippen molar-refractivity contribution < 1.29 is 14.4 Å². The van der Waals surface area contributed by atoms with E-state index in [-0.39, 0.29) is 6.16 Å². The van der Waals surface area contributed by atoms with E-state index < -0.39 is 7.60 Å². The van der Waals surface area contributed by atoms with Gasteiger partial charge >= 0.3 is 7.60 Å². The molecule has 0 atom stereocenters. The topological polar surface area (TPSA) is 69.6 Å². The highest BCUT2D eigenvalue weighted by molar-refractivity contribution is 9.10. The Bertz CT molecular complexity index is 755. The molecule has 0 fully saturated rings. The van der Waals surface area contributed by atoms with Gasteiger partial charge in [0.05, 0.1) is 6.16 Å². The van der Waals surface area contributed by atoms with Gasteiger partial charge < -0.3 is 15.1 Å². The average Bonchev–Trinajstić information content (AvgIpc) is 2.65. The lowest BCUT2D eigenvalue weighted by Crippen LogP contribution is -2.15. The minimum atomic E-state index is -3.88. The predicted octanol–water partition coefficient (Wildman–Crippen LogP) is 5.61. The van der Waals surface area contributed by atoms with Crippen molar-refractivity contribution in [2.24, 2.45) is 0 Å². The van der Waals surface area contributed by atoms with E-state index in [1.165, 1.54) is 29.7 Å². The van der Waals surface area contributed by atoms with Gasteiger partial charge in [-0.3, -0.25) is 4.57 Å². The number of hydrogen-bond acceptors (Lipinski definition) is 3.